The Morgan fingerprint density at radius 3 is 3.00 bits per heavy atom. The predicted molar refractivity (Wildman–Crippen MR) is 103 cm³/mol. The van der Waals surface area contributed by atoms with Gasteiger partial charge in [-0.15, -0.1) is 0 Å². The number of aromatic nitrogens is 2. The number of aliphatic hydroxyl groups excluding tert-OH is 1. The number of rotatable bonds is 7. The van der Waals surface area contributed by atoms with E-state index in [0.717, 1.165) is 38.0 Å². The first kappa shape index (κ1) is 17.7. The maximum Gasteiger partial charge on any atom is 0.256 e. The highest BCUT2D eigenvalue weighted by molar-refractivity contribution is 5.98. The molecule has 0 radical (unpaired) electrons. The standard InChI is InChI=1S/C19H24N6O2/c26-8-7-21-18(27)16-11-22-19(25-17(16)23-14-3-4-14)24-15-2-1-13-10-20-6-5-12(13)9-15/h1-2,9,11,14,20,26H,3-8,10H2,(H,21,27)(H2,22,23,24,25). The largest absolute Gasteiger partial charge is 0.395 e. The molecule has 0 unspecified atom stereocenters. The highest BCUT2D eigenvalue weighted by Gasteiger charge is 2.25. The van der Waals surface area contributed by atoms with Gasteiger partial charge in [0.2, 0.25) is 5.95 Å². The number of aliphatic hydroxyl groups is 1. The summed E-state index contributed by atoms with van der Waals surface area (Å²) in [6, 6.07) is 6.62. The molecule has 1 aromatic carbocycles. The SMILES string of the molecule is O=C(NCCO)c1cnc(Nc2ccc3c(c2)CCNC3)nc1NC1CC1. The Balaban J connectivity index is 1.54. The molecule has 1 aliphatic carbocycles. The van der Waals surface area contributed by atoms with Crippen molar-refractivity contribution in [1.29, 1.82) is 0 Å². The molecule has 0 atom stereocenters. The van der Waals surface area contributed by atoms with Crippen molar-refractivity contribution in [2.24, 2.45) is 0 Å². The number of nitrogens with one attached hydrogen (secondary N) is 4. The summed E-state index contributed by atoms with van der Waals surface area (Å²) in [5.41, 5.74) is 3.97. The first-order valence-corrected chi connectivity index (χ1v) is 9.35. The van der Waals surface area contributed by atoms with Gasteiger partial charge in [-0.25, -0.2) is 4.98 Å². The normalized spacial score (nSPS) is 15.7. The van der Waals surface area contributed by atoms with Crippen molar-refractivity contribution in [2.75, 3.05) is 30.3 Å². The summed E-state index contributed by atoms with van der Waals surface area (Å²) >= 11 is 0. The van der Waals surface area contributed by atoms with E-state index in [4.69, 9.17) is 5.11 Å². The molecule has 1 saturated carbocycles. The van der Waals surface area contributed by atoms with Gasteiger partial charge in [-0.3, -0.25) is 4.79 Å². The van der Waals surface area contributed by atoms with Gasteiger partial charge in [-0.1, -0.05) is 6.07 Å². The molecule has 1 aliphatic heterocycles. The second-order valence-corrected chi connectivity index (χ2v) is 6.89. The van der Waals surface area contributed by atoms with Gasteiger partial charge in [0.15, 0.2) is 0 Å². The zero-order chi connectivity index (χ0) is 18.6. The fourth-order valence-electron chi connectivity index (χ4n) is 3.09. The topological polar surface area (TPSA) is 111 Å². The fourth-order valence-corrected chi connectivity index (χ4v) is 3.09. The zero-order valence-electron chi connectivity index (χ0n) is 15.1. The van der Waals surface area contributed by atoms with Gasteiger partial charge < -0.3 is 26.4 Å². The first-order valence-electron chi connectivity index (χ1n) is 9.35. The minimum absolute atomic E-state index is 0.106. The number of benzene rings is 1. The summed E-state index contributed by atoms with van der Waals surface area (Å²) < 4.78 is 0. The van der Waals surface area contributed by atoms with Crippen LogP contribution in [-0.2, 0) is 13.0 Å². The van der Waals surface area contributed by atoms with Crippen molar-refractivity contribution in [3.05, 3.63) is 41.1 Å². The summed E-state index contributed by atoms with van der Waals surface area (Å²) in [5, 5.41) is 21.5. The molecule has 4 rings (SSSR count). The van der Waals surface area contributed by atoms with E-state index in [1.165, 1.54) is 17.3 Å². The number of hydrogen-bond donors (Lipinski definition) is 5. The Bertz CT molecular complexity index is 837. The van der Waals surface area contributed by atoms with E-state index in [1.807, 2.05) is 6.07 Å². The Morgan fingerprint density at radius 1 is 1.30 bits per heavy atom. The van der Waals surface area contributed by atoms with Crippen LogP contribution in [0.25, 0.3) is 0 Å². The van der Waals surface area contributed by atoms with Crippen LogP contribution in [0.15, 0.2) is 24.4 Å². The number of amides is 1. The van der Waals surface area contributed by atoms with Crippen LogP contribution >= 0.6 is 0 Å². The maximum atomic E-state index is 12.3. The number of fused-ring (bicyclic) bond motifs is 1. The van der Waals surface area contributed by atoms with E-state index < -0.39 is 0 Å². The molecule has 2 aromatic rings. The minimum Gasteiger partial charge on any atom is -0.395 e. The minimum atomic E-state index is -0.292. The number of carbonyl (C=O) groups is 1. The quantitative estimate of drug-likeness (QED) is 0.499. The van der Waals surface area contributed by atoms with E-state index in [0.29, 0.717) is 23.4 Å². The molecule has 1 aromatic heterocycles. The molecule has 27 heavy (non-hydrogen) atoms. The Hall–Kier alpha value is -2.71. The summed E-state index contributed by atoms with van der Waals surface area (Å²) in [6.07, 6.45) is 4.67. The molecule has 8 nitrogen and oxygen atoms in total. The third kappa shape index (κ3) is 4.35. The van der Waals surface area contributed by atoms with Crippen molar-refractivity contribution in [2.45, 2.75) is 31.8 Å². The molecule has 142 valence electrons. The molecule has 8 heteroatoms. The molecule has 2 aliphatic rings. The first-order chi connectivity index (χ1) is 13.2. The number of nitrogens with zero attached hydrogens (tertiary/aromatic N) is 2. The fraction of sp³-hybridized carbons (Fsp3) is 0.421. The van der Waals surface area contributed by atoms with Crippen LogP contribution in [0.1, 0.15) is 34.3 Å². The van der Waals surface area contributed by atoms with E-state index in [-0.39, 0.29) is 19.1 Å². The van der Waals surface area contributed by atoms with Gasteiger partial charge in [0.1, 0.15) is 11.4 Å². The van der Waals surface area contributed by atoms with Gasteiger partial charge >= 0.3 is 0 Å². The van der Waals surface area contributed by atoms with E-state index in [2.05, 4.69) is 43.4 Å². The summed E-state index contributed by atoms with van der Waals surface area (Å²) in [7, 11) is 0. The number of anilines is 3. The van der Waals surface area contributed by atoms with E-state index in [1.54, 1.807) is 0 Å². The van der Waals surface area contributed by atoms with Gasteiger partial charge in [0.05, 0.1) is 6.61 Å². The van der Waals surface area contributed by atoms with Gasteiger partial charge in [-0.2, -0.15) is 4.98 Å². The van der Waals surface area contributed by atoms with Crippen LogP contribution < -0.4 is 21.3 Å². The molecule has 0 bridgehead atoms. The number of hydrogen-bond acceptors (Lipinski definition) is 7. The third-order valence-electron chi connectivity index (χ3n) is 4.70. The van der Waals surface area contributed by atoms with Crippen molar-refractivity contribution in [1.82, 2.24) is 20.6 Å². The van der Waals surface area contributed by atoms with Crippen LogP contribution in [0.2, 0.25) is 0 Å². The van der Waals surface area contributed by atoms with Gasteiger partial charge in [0.25, 0.3) is 5.91 Å². The van der Waals surface area contributed by atoms with Crippen LogP contribution in [0.4, 0.5) is 17.5 Å². The van der Waals surface area contributed by atoms with Crippen molar-refractivity contribution in [3.8, 4) is 0 Å². The van der Waals surface area contributed by atoms with Crippen molar-refractivity contribution >= 4 is 23.4 Å². The predicted octanol–water partition coefficient (Wildman–Crippen LogP) is 1.16. The molecule has 1 amide bonds. The van der Waals surface area contributed by atoms with Crippen LogP contribution in [0, 0.1) is 0 Å². The lowest BCUT2D eigenvalue weighted by molar-refractivity contribution is 0.0945. The molecule has 5 N–H and O–H groups in total. The van der Waals surface area contributed by atoms with Crippen LogP contribution in [0.3, 0.4) is 0 Å². The molecular weight excluding hydrogens is 344 g/mol. The van der Waals surface area contributed by atoms with Crippen LogP contribution in [-0.4, -0.2) is 46.7 Å². The summed E-state index contributed by atoms with van der Waals surface area (Å²) in [5.74, 6) is 0.679. The average Bonchev–Trinajstić information content (AvgIpc) is 3.50. The highest BCUT2D eigenvalue weighted by atomic mass is 16.3. The molecule has 0 saturated heterocycles. The Morgan fingerprint density at radius 2 is 2.19 bits per heavy atom. The van der Waals surface area contributed by atoms with Crippen molar-refractivity contribution < 1.29 is 9.90 Å². The molecule has 1 fully saturated rings. The Labute approximate surface area is 157 Å². The second-order valence-electron chi connectivity index (χ2n) is 6.89. The number of carbonyl (C=O) groups excluding carboxylic acids is 1. The van der Waals surface area contributed by atoms with Gasteiger partial charge in [0, 0.05) is 31.0 Å². The van der Waals surface area contributed by atoms with E-state index in [9.17, 15) is 4.79 Å². The summed E-state index contributed by atoms with van der Waals surface area (Å²) in [4.78, 5) is 21.1. The molecule has 0 spiro atoms. The third-order valence-corrected chi connectivity index (χ3v) is 4.70. The summed E-state index contributed by atoms with van der Waals surface area (Å²) in [6.45, 7) is 1.98. The van der Waals surface area contributed by atoms with E-state index >= 15 is 0 Å². The Kier molecular flexibility index (Phi) is 5.17. The molecule has 2 heterocycles. The van der Waals surface area contributed by atoms with Crippen LogP contribution in [0.5, 0.6) is 0 Å². The monoisotopic (exact) mass is 368 g/mol. The second kappa shape index (κ2) is 7.89. The smallest absolute Gasteiger partial charge is 0.256 e. The lowest BCUT2D eigenvalue weighted by atomic mass is 10.0. The van der Waals surface area contributed by atoms with Gasteiger partial charge in [-0.05, 0) is 49.1 Å². The lowest BCUT2D eigenvalue weighted by Crippen LogP contribution is -2.28. The zero-order valence-corrected chi connectivity index (χ0v) is 15.1. The lowest BCUT2D eigenvalue weighted by Gasteiger charge is -2.18. The highest BCUT2D eigenvalue weighted by Crippen LogP contribution is 2.27. The average molecular weight is 368 g/mol. The molecular formula is C19H24N6O2. The maximum absolute atomic E-state index is 12.3. The van der Waals surface area contributed by atoms with Crippen molar-refractivity contribution in [3.63, 3.8) is 0 Å².